The van der Waals surface area contributed by atoms with Crippen LogP contribution in [0.25, 0.3) is 0 Å². The summed E-state index contributed by atoms with van der Waals surface area (Å²) in [6, 6.07) is 8.97. The van der Waals surface area contributed by atoms with Gasteiger partial charge < -0.3 is 19.2 Å². The first-order valence-corrected chi connectivity index (χ1v) is 8.82. The van der Waals surface area contributed by atoms with Gasteiger partial charge in [-0.25, -0.2) is 14.4 Å². The van der Waals surface area contributed by atoms with E-state index in [1.165, 1.54) is 4.90 Å². The second-order valence-electron chi connectivity index (χ2n) is 7.50. The number of carbonyl (C=O) groups is 3. The predicted octanol–water partition coefficient (Wildman–Crippen LogP) is 3.02. The Morgan fingerprint density at radius 2 is 1.85 bits per heavy atom. The van der Waals surface area contributed by atoms with Gasteiger partial charge >= 0.3 is 18.2 Å². The molecule has 1 saturated heterocycles. The Bertz CT molecular complexity index is 671. The molecule has 0 radical (unpaired) electrons. The number of nitrogens with one attached hydrogen (secondary N) is 1. The van der Waals surface area contributed by atoms with Crippen LogP contribution in [0.5, 0.6) is 0 Å². The molecule has 0 unspecified atom stereocenters. The van der Waals surface area contributed by atoms with Gasteiger partial charge in [-0.3, -0.25) is 0 Å². The zero-order valence-corrected chi connectivity index (χ0v) is 16.1. The van der Waals surface area contributed by atoms with E-state index in [0.717, 1.165) is 5.56 Å². The number of carbonyl (C=O) groups excluding carboxylic acids is 3. The third-order valence-corrected chi connectivity index (χ3v) is 3.98. The molecule has 0 saturated carbocycles. The molecule has 0 spiro atoms. The summed E-state index contributed by atoms with van der Waals surface area (Å²) in [6.07, 6.45) is -0.901. The summed E-state index contributed by atoms with van der Waals surface area (Å²) < 4.78 is 10.3. The van der Waals surface area contributed by atoms with E-state index in [1.54, 1.807) is 20.8 Å². The Balaban J connectivity index is 1.76. The van der Waals surface area contributed by atoms with Crippen LogP contribution in [0.3, 0.4) is 0 Å². The van der Waals surface area contributed by atoms with Gasteiger partial charge in [0.25, 0.3) is 0 Å². The smallest absolute Gasteiger partial charge is 0.441 e. The average molecular weight is 378 g/mol. The van der Waals surface area contributed by atoms with Crippen LogP contribution in [-0.4, -0.2) is 41.2 Å². The summed E-state index contributed by atoms with van der Waals surface area (Å²) in [6.45, 7) is 7.42. The van der Waals surface area contributed by atoms with Crippen molar-refractivity contribution >= 4 is 18.2 Å². The maximum Gasteiger partial charge on any atom is 0.441 e. The van der Waals surface area contributed by atoms with E-state index in [9.17, 15) is 14.4 Å². The molecule has 1 aliphatic heterocycles. The van der Waals surface area contributed by atoms with Crippen molar-refractivity contribution in [2.24, 2.45) is 5.92 Å². The number of hydrogen-bond acceptors (Lipinski definition) is 6. The molecule has 8 nitrogen and oxygen atoms in total. The van der Waals surface area contributed by atoms with Gasteiger partial charge in [-0.05, 0) is 39.7 Å². The SMILES string of the molecule is C[C@H]1C[C@H](C(=O)ONC(=O)OCc2ccccc2)CN1C(=O)OC(C)(C)C. The Morgan fingerprint density at radius 3 is 2.48 bits per heavy atom. The Labute approximate surface area is 158 Å². The molecule has 0 aliphatic carbocycles. The fraction of sp³-hybridized carbons (Fsp3) is 0.526. The van der Waals surface area contributed by atoms with Crippen molar-refractivity contribution in [3.63, 3.8) is 0 Å². The summed E-state index contributed by atoms with van der Waals surface area (Å²) >= 11 is 0. The highest BCUT2D eigenvalue weighted by atomic mass is 16.7. The fourth-order valence-electron chi connectivity index (χ4n) is 2.70. The number of likely N-dealkylation sites (tertiary alicyclic amines) is 1. The van der Waals surface area contributed by atoms with Crippen molar-refractivity contribution < 1.29 is 28.7 Å². The topological polar surface area (TPSA) is 94.2 Å². The minimum absolute atomic E-state index is 0.0666. The van der Waals surface area contributed by atoms with E-state index in [4.69, 9.17) is 14.3 Å². The minimum Gasteiger partial charge on any atom is -0.444 e. The van der Waals surface area contributed by atoms with Crippen molar-refractivity contribution in [2.45, 2.75) is 52.4 Å². The number of nitrogens with zero attached hydrogens (tertiary/aromatic N) is 1. The number of hydroxylamine groups is 1. The Hall–Kier alpha value is -2.77. The van der Waals surface area contributed by atoms with E-state index in [1.807, 2.05) is 42.7 Å². The molecule has 0 aromatic heterocycles. The summed E-state index contributed by atoms with van der Waals surface area (Å²) in [5, 5.41) is 0. The highest BCUT2D eigenvalue weighted by Gasteiger charge is 2.39. The van der Waals surface area contributed by atoms with Crippen LogP contribution in [0.4, 0.5) is 9.59 Å². The van der Waals surface area contributed by atoms with Crippen molar-refractivity contribution in [1.82, 2.24) is 10.4 Å². The number of rotatable bonds is 3. The van der Waals surface area contributed by atoms with Gasteiger partial charge in [0.05, 0.1) is 5.92 Å². The first-order chi connectivity index (χ1) is 12.7. The van der Waals surface area contributed by atoms with Gasteiger partial charge in [0, 0.05) is 12.6 Å². The molecule has 2 atom stereocenters. The molecule has 8 heteroatoms. The molecule has 2 amide bonds. The molecule has 1 heterocycles. The van der Waals surface area contributed by atoms with Crippen LogP contribution in [0.15, 0.2) is 30.3 Å². The third-order valence-electron chi connectivity index (χ3n) is 3.98. The molecular weight excluding hydrogens is 352 g/mol. The molecule has 27 heavy (non-hydrogen) atoms. The summed E-state index contributed by atoms with van der Waals surface area (Å²) in [5.74, 6) is -1.16. The summed E-state index contributed by atoms with van der Waals surface area (Å²) in [5.41, 5.74) is 2.19. The fourth-order valence-corrected chi connectivity index (χ4v) is 2.70. The quantitative estimate of drug-likeness (QED) is 0.642. The largest absolute Gasteiger partial charge is 0.444 e. The van der Waals surface area contributed by atoms with E-state index in [0.29, 0.717) is 6.42 Å². The first kappa shape index (κ1) is 20.5. The molecule has 1 N–H and O–H groups in total. The van der Waals surface area contributed by atoms with Gasteiger partial charge in [-0.1, -0.05) is 30.3 Å². The Kier molecular flexibility index (Phi) is 6.65. The average Bonchev–Trinajstić information content (AvgIpc) is 2.99. The predicted molar refractivity (Wildman–Crippen MR) is 96.4 cm³/mol. The minimum atomic E-state index is -0.859. The lowest BCUT2D eigenvalue weighted by Crippen LogP contribution is -2.39. The second kappa shape index (κ2) is 8.75. The molecular formula is C19H26N2O6. The van der Waals surface area contributed by atoms with Gasteiger partial charge in [0.2, 0.25) is 0 Å². The van der Waals surface area contributed by atoms with Crippen LogP contribution < -0.4 is 5.48 Å². The van der Waals surface area contributed by atoms with Gasteiger partial charge in [-0.2, -0.15) is 0 Å². The van der Waals surface area contributed by atoms with Crippen LogP contribution in [0, 0.1) is 5.92 Å². The van der Waals surface area contributed by atoms with Gasteiger partial charge in [0.1, 0.15) is 12.2 Å². The van der Waals surface area contributed by atoms with E-state index < -0.39 is 29.7 Å². The zero-order chi connectivity index (χ0) is 20.0. The van der Waals surface area contributed by atoms with Gasteiger partial charge in [0.15, 0.2) is 0 Å². The number of benzene rings is 1. The Morgan fingerprint density at radius 1 is 1.19 bits per heavy atom. The molecule has 2 rings (SSSR count). The lowest BCUT2D eigenvalue weighted by atomic mass is 10.1. The highest BCUT2D eigenvalue weighted by molar-refractivity contribution is 5.77. The van der Waals surface area contributed by atoms with Crippen molar-refractivity contribution in [2.75, 3.05) is 6.54 Å². The molecule has 1 aromatic carbocycles. The third kappa shape index (κ3) is 6.47. The zero-order valence-electron chi connectivity index (χ0n) is 16.1. The maximum absolute atomic E-state index is 12.2. The molecule has 1 aromatic rings. The van der Waals surface area contributed by atoms with Crippen molar-refractivity contribution in [3.05, 3.63) is 35.9 Å². The van der Waals surface area contributed by atoms with Crippen molar-refractivity contribution in [1.29, 1.82) is 0 Å². The van der Waals surface area contributed by atoms with Crippen molar-refractivity contribution in [3.8, 4) is 0 Å². The van der Waals surface area contributed by atoms with Crippen LogP contribution in [0.2, 0.25) is 0 Å². The van der Waals surface area contributed by atoms with Crippen LogP contribution >= 0.6 is 0 Å². The first-order valence-electron chi connectivity index (χ1n) is 8.82. The molecule has 0 bridgehead atoms. The highest BCUT2D eigenvalue weighted by Crippen LogP contribution is 2.25. The number of hydrogen-bond donors (Lipinski definition) is 1. The molecule has 1 aliphatic rings. The monoisotopic (exact) mass is 378 g/mol. The lowest BCUT2D eigenvalue weighted by molar-refractivity contribution is -0.154. The standard InChI is InChI=1S/C19H26N2O6/c1-13-10-15(11-21(13)18(24)26-19(2,3)4)16(22)27-20-17(23)25-12-14-8-6-5-7-9-14/h5-9,13,15H,10-12H2,1-4H3,(H,20,23)/t13-,15-/m0/s1. The van der Waals surface area contributed by atoms with E-state index in [2.05, 4.69) is 0 Å². The van der Waals surface area contributed by atoms with Crippen LogP contribution in [0.1, 0.15) is 39.7 Å². The number of amides is 2. The van der Waals surface area contributed by atoms with E-state index in [-0.39, 0.29) is 19.2 Å². The number of ether oxygens (including phenoxy) is 2. The summed E-state index contributed by atoms with van der Waals surface area (Å²) in [7, 11) is 0. The molecule has 1 fully saturated rings. The lowest BCUT2D eigenvalue weighted by Gasteiger charge is -2.26. The van der Waals surface area contributed by atoms with Crippen LogP contribution in [-0.2, 0) is 25.7 Å². The maximum atomic E-state index is 12.2. The second-order valence-corrected chi connectivity index (χ2v) is 7.50. The molecule has 148 valence electrons. The van der Waals surface area contributed by atoms with Gasteiger partial charge in [-0.15, -0.1) is 5.48 Å². The summed E-state index contributed by atoms with van der Waals surface area (Å²) in [4.78, 5) is 42.3. The normalized spacial score (nSPS) is 19.3. The van der Waals surface area contributed by atoms with E-state index >= 15 is 0 Å².